The highest BCUT2D eigenvalue weighted by molar-refractivity contribution is 7.18. The number of thiophene rings is 1. The van der Waals surface area contributed by atoms with E-state index in [0.717, 1.165) is 29.7 Å². The summed E-state index contributed by atoms with van der Waals surface area (Å²) in [4.78, 5) is 32.0. The number of ketones is 1. The van der Waals surface area contributed by atoms with Crippen LogP contribution in [0.2, 0.25) is 0 Å². The van der Waals surface area contributed by atoms with Gasteiger partial charge < -0.3 is 9.47 Å². The first-order chi connectivity index (χ1) is 12.7. The van der Waals surface area contributed by atoms with Gasteiger partial charge in [0.15, 0.2) is 17.3 Å². The van der Waals surface area contributed by atoms with Crippen LogP contribution < -0.4 is 15.0 Å². The average Bonchev–Trinajstić information content (AvgIpc) is 3.24. The predicted octanol–water partition coefficient (Wildman–Crippen LogP) is 2.60. The molecular weight excluding hydrogens is 352 g/mol. The number of ether oxygens (including phenoxy) is 2. The molecule has 0 N–H and O–H groups in total. The van der Waals surface area contributed by atoms with Gasteiger partial charge in [0.25, 0.3) is 5.56 Å². The van der Waals surface area contributed by atoms with Crippen LogP contribution in [-0.2, 0) is 19.4 Å². The number of carbonyl (C=O) groups excluding carboxylic acids is 1. The number of benzene rings is 1. The predicted molar refractivity (Wildman–Crippen MR) is 97.7 cm³/mol. The third-order valence-corrected chi connectivity index (χ3v) is 6.07. The molecule has 2 aromatic heterocycles. The Morgan fingerprint density at radius 2 is 2.04 bits per heavy atom. The molecule has 2 aliphatic rings. The van der Waals surface area contributed by atoms with Gasteiger partial charge in [-0.05, 0) is 43.0 Å². The Bertz CT molecular complexity index is 1100. The molecule has 7 heteroatoms. The number of rotatable bonds is 3. The van der Waals surface area contributed by atoms with E-state index in [-0.39, 0.29) is 17.9 Å². The first-order valence-corrected chi connectivity index (χ1v) is 9.45. The van der Waals surface area contributed by atoms with Gasteiger partial charge in [-0.2, -0.15) is 0 Å². The molecule has 26 heavy (non-hydrogen) atoms. The summed E-state index contributed by atoms with van der Waals surface area (Å²) in [5.41, 5.74) is 1.50. The van der Waals surface area contributed by atoms with Gasteiger partial charge >= 0.3 is 0 Å². The zero-order chi connectivity index (χ0) is 17.7. The van der Waals surface area contributed by atoms with Crippen molar-refractivity contribution < 1.29 is 14.3 Å². The van der Waals surface area contributed by atoms with E-state index in [1.165, 1.54) is 15.8 Å². The lowest BCUT2D eigenvalue weighted by Crippen LogP contribution is -2.25. The largest absolute Gasteiger partial charge is 0.486 e. The van der Waals surface area contributed by atoms with E-state index < -0.39 is 0 Å². The van der Waals surface area contributed by atoms with E-state index in [0.29, 0.717) is 35.7 Å². The fraction of sp³-hybridized carbons (Fsp3) is 0.316. The highest BCUT2D eigenvalue weighted by atomic mass is 32.1. The molecule has 0 saturated heterocycles. The molecule has 1 aliphatic carbocycles. The Hall–Kier alpha value is -2.67. The van der Waals surface area contributed by atoms with Crippen LogP contribution in [0.5, 0.6) is 11.5 Å². The normalized spacial score (nSPS) is 15.2. The fourth-order valence-electron chi connectivity index (χ4n) is 3.59. The maximum Gasteiger partial charge on any atom is 0.262 e. The van der Waals surface area contributed by atoms with Gasteiger partial charge in [0, 0.05) is 10.4 Å². The number of aromatic nitrogens is 2. The Morgan fingerprint density at radius 1 is 1.19 bits per heavy atom. The minimum atomic E-state index is -0.155. The maximum absolute atomic E-state index is 12.9. The Labute approximate surface area is 153 Å². The number of nitrogens with zero attached hydrogens (tertiary/aromatic N) is 2. The lowest BCUT2D eigenvalue weighted by atomic mass is 10.1. The molecule has 3 aromatic rings. The zero-order valence-electron chi connectivity index (χ0n) is 14.0. The molecule has 0 radical (unpaired) electrons. The van der Waals surface area contributed by atoms with Crippen molar-refractivity contribution >= 4 is 27.3 Å². The second-order valence-corrected chi connectivity index (χ2v) is 7.58. The fourth-order valence-corrected chi connectivity index (χ4v) is 4.81. The van der Waals surface area contributed by atoms with Crippen LogP contribution in [-0.4, -0.2) is 28.5 Å². The van der Waals surface area contributed by atoms with Crippen molar-refractivity contribution in [2.45, 2.75) is 25.8 Å². The van der Waals surface area contributed by atoms with Crippen molar-refractivity contribution in [1.29, 1.82) is 0 Å². The third kappa shape index (κ3) is 2.42. The highest BCUT2D eigenvalue weighted by Gasteiger charge is 2.22. The van der Waals surface area contributed by atoms with Gasteiger partial charge in [-0.3, -0.25) is 14.2 Å². The third-order valence-electron chi connectivity index (χ3n) is 4.87. The first-order valence-electron chi connectivity index (χ1n) is 8.63. The molecule has 0 amide bonds. The van der Waals surface area contributed by atoms with Crippen LogP contribution in [0.1, 0.15) is 27.2 Å². The summed E-state index contributed by atoms with van der Waals surface area (Å²) in [6.07, 6.45) is 4.51. The van der Waals surface area contributed by atoms with Crippen LogP contribution in [0.15, 0.2) is 29.3 Å². The van der Waals surface area contributed by atoms with Gasteiger partial charge in [-0.25, -0.2) is 4.98 Å². The van der Waals surface area contributed by atoms with E-state index in [1.807, 2.05) is 0 Å². The highest BCUT2D eigenvalue weighted by Crippen LogP contribution is 2.34. The molecular formula is C19H16N2O4S. The molecule has 0 unspecified atom stereocenters. The van der Waals surface area contributed by atoms with E-state index in [4.69, 9.17) is 9.47 Å². The topological polar surface area (TPSA) is 70.4 Å². The standard InChI is InChI=1S/C19H16N2O4S/c22-13(11-4-5-14-15(8-11)25-7-6-24-14)9-21-10-20-18-17(19(21)23)12-2-1-3-16(12)26-18/h4-5,8,10H,1-3,6-7,9H2. The van der Waals surface area contributed by atoms with E-state index >= 15 is 0 Å². The summed E-state index contributed by atoms with van der Waals surface area (Å²) < 4.78 is 12.4. The Balaban J connectivity index is 1.48. The molecule has 1 aliphatic heterocycles. The summed E-state index contributed by atoms with van der Waals surface area (Å²) in [7, 11) is 0. The van der Waals surface area contributed by atoms with Crippen molar-refractivity contribution in [3.8, 4) is 11.5 Å². The molecule has 6 nitrogen and oxygen atoms in total. The van der Waals surface area contributed by atoms with Crippen molar-refractivity contribution in [2.24, 2.45) is 0 Å². The molecule has 0 spiro atoms. The van der Waals surface area contributed by atoms with Gasteiger partial charge in [0.1, 0.15) is 18.0 Å². The summed E-state index contributed by atoms with van der Waals surface area (Å²) in [5.74, 6) is 1.05. The smallest absolute Gasteiger partial charge is 0.262 e. The summed E-state index contributed by atoms with van der Waals surface area (Å²) in [6.45, 7) is 0.937. The average molecular weight is 368 g/mol. The van der Waals surface area contributed by atoms with Gasteiger partial charge in [0.2, 0.25) is 0 Å². The van der Waals surface area contributed by atoms with Gasteiger partial charge in [0.05, 0.1) is 18.3 Å². The number of carbonyl (C=O) groups is 1. The Morgan fingerprint density at radius 3 is 2.92 bits per heavy atom. The lowest BCUT2D eigenvalue weighted by Gasteiger charge is -2.18. The summed E-state index contributed by atoms with van der Waals surface area (Å²) in [6, 6.07) is 5.11. The van der Waals surface area contributed by atoms with E-state index in [9.17, 15) is 9.59 Å². The minimum Gasteiger partial charge on any atom is -0.486 e. The van der Waals surface area contributed by atoms with Crippen molar-refractivity contribution in [2.75, 3.05) is 13.2 Å². The molecule has 1 aromatic carbocycles. The minimum absolute atomic E-state index is 0.0357. The first kappa shape index (κ1) is 15.6. The van der Waals surface area contributed by atoms with Crippen LogP contribution in [0.3, 0.4) is 0 Å². The van der Waals surface area contributed by atoms with E-state index in [1.54, 1.807) is 29.5 Å². The molecule has 0 saturated carbocycles. The summed E-state index contributed by atoms with van der Waals surface area (Å²) in [5, 5.41) is 0.694. The lowest BCUT2D eigenvalue weighted by molar-refractivity contribution is 0.0969. The van der Waals surface area contributed by atoms with Crippen LogP contribution in [0.25, 0.3) is 10.2 Å². The number of fused-ring (bicyclic) bond motifs is 4. The zero-order valence-corrected chi connectivity index (χ0v) is 14.8. The molecule has 132 valence electrons. The number of aryl methyl sites for hydroxylation is 2. The van der Waals surface area contributed by atoms with Crippen molar-refractivity contribution in [3.63, 3.8) is 0 Å². The van der Waals surface area contributed by atoms with Crippen LogP contribution in [0, 0.1) is 0 Å². The van der Waals surface area contributed by atoms with Gasteiger partial charge in [-0.1, -0.05) is 0 Å². The van der Waals surface area contributed by atoms with Crippen LogP contribution in [0.4, 0.5) is 0 Å². The molecule has 0 atom stereocenters. The van der Waals surface area contributed by atoms with Gasteiger partial charge in [-0.15, -0.1) is 11.3 Å². The molecule has 0 fully saturated rings. The molecule has 3 heterocycles. The number of hydrogen-bond donors (Lipinski definition) is 0. The van der Waals surface area contributed by atoms with Crippen LogP contribution >= 0.6 is 11.3 Å². The quantitative estimate of drug-likeness (QED) is 0.665. The van der Waals surface area contributed by atoms with Crippen molar-refractivity contribution in [3.05, 3.63) is 50.9 Å². The molecule has 0 bridgehead atoms. The Kier molecular flexibility index (Phi) is 3.56. The number of Topliss-reactive ketones (excluding diaryl/α,β-unsaturated/α-hetero) is 1. The second-order valence-electron chi connectivity index (χ2n) is 6.50. The van der Waals surface area contributed by atoms with E-state index in [2.05, 4.69) is 4.98 Å². The number of hydrogen-bond acceptors (Lipinski definition) is 6. The SMILES string of the molecule is O=C(Cn1cnc2sc3c(c2c1=O)CCC3)c1ccc2c(c1)OCCO2. The maximum atomic E-state index is 12.9. The monoisotopic (exact) mass is 368 g/mol. The van der Waals surface area contributed by atoms with Crippen molar-refractivity contribution in [1.82, 2.24) is 9.55 Å². The summed E-state index contributed by atoms with van der Waals surface area (Å²) >= 11 is 1.60. The second kappa shape index (κ2) is 5.95. The molecule has 5 rings (SSSR count).